The molecule has 0 aliphatic carbocycles. The van der Waals surface area contributed by atoms with Crippen molar-refractivity contribution in [2.45, 2.75) is 27.2 Å². The highest BCUT2D eigenvalue weighted by molar-refractivity contribution is 5.94. The molecule has 2 heterocycles. The fourth-order valence-corrected chi connectivity index (χ4v) is 2.50. The first kappa shape index (κ1) is 13.8. The Balaban J connectivity index is 2.00. The molecule has 1 amide bonds. The molecule has 1 aromatic heterocycles. The number of hydrogen-bond acceptors (Lipinski definition) is 3. The Morgan fingerprint density at radius 2 is 2.32 bits per heavy atom. The lowest BCUT2D eigenvalue weighted by molar-refractivity contribution is 0.0783. The zero-order valence-electron chi connectivity index (χ0n) is 12.0. The first-order valence-electron chi connectivity index (χ1n) is 7.11. The predicted molar refractivity (Wildman–Crippen MR) is 77.2 cm³/mol. The summed E-state index contributed by atoms with van der Waals surface area (Å²) < 4.78 is 0. The summed E-state index contributed by atoms with van der Waals surface area (Å²) in [5.41, 5.74) is 0.686. The molecule has 1 aliphatic heterocycles. The van der Waals surface area contributed by atoms with Crippen molar-refractivity contribution >= 4 is 11.7 Å². The summed E-state index contributed by atoms with van der Waals surface area (Å²) in [6.07, 6.45) is 2.79. The molecule has 4 nitrogen and oxygen atoms in total. The lowest BCUT2D eigenvalue weighted by Crippen LogP contribution is -2.29. The van der Waals surface area contributed by atoms with Crippen LogP contribution in [-0.2, 0) is 0 Å². The van der Waals surface area contributed by atoms with Gasteiger partial charge in [-0.2, -0.15) is 0 Å². The van der Waals surface area contributed by atoms with E-state index >= 15 is 0 Å². The van der Waals surface area contributed by atoms with Crippen LogP contribution in [0.4, 0.5) is 5.82 Å². The van der Waals surface area contributed by atoms with Crippen LogP contribution in [0.25, 0.3) is 0 Å². The lowest BCUT2D eigenvalue weighted by atomic mass is 9.95. The number of nitrogens with zero attached hydrogens (tertiary/aromatic N) is 2. The van der Waals surface area contributed by atoms with Crippen LogP contribution in [0.2, 0.25) is 0 Å². The minimum Gasteiger partial charge on any atom is -0.370 e. The second-order valence-electron chi connectivity index (χ2n) is 5.51. The number of likely N-dealkylation sites (tertiary alicyclic amines) is 1. The summed E-state index contributed by atoms with van der Waals surface area (Å²) in [7, 11) is 0. The van der Waals surface area contributed by atoms with Gasteiger partial charge >= 0.3 is 0 Å². The maximum absolute atomic E-state index is 12.3. The number of aromatic nitrogens is 1. The molecule has 1 saturated heterocycles. The standard InChI is InChI=1S/C15H23N3O/c1-4-16-14-6-5-12(9-17-14)15(19)18-8-7-13(10-18)11(2)3/h5-6,9,11,13H,4,7-8,10H2,1-3H3,(H,16,17). The molecule has 1 unspecified atom stereocenters. The van der Waals surface area contributed by atoms with Gasteiger partial charge in [-0.05, 0) is 37.3 Å². The van der Waals surface area contributed by atoms with E-state index in [9.17, 15) is 4.79 Å². The normalized spacial score (nSPS) is 18.9. The van der Waals surface area contributed by atoms with E-state index in [0.717, 1.165) is 31.9 Å². The molecule has 0 spiro atoms. The predicted octanol–water partition coefficient (Wildman–Crippen LogP) is 2.63. The van der Waals surface area contributed by atoms with Crippen LogP contribution in [0.3, 0.4) is 0 Å². The number of rotatable bonds is 4. The first-order chi connectivity index (χ1) is 9.11. The van der Waals surface area contributed by atoms with E-state index in [1.54, 1.807) is 6.20 Å². The molecular formula is C15H23N3O. The van der Waals surface area contributed by atoms with Gasteiger partial charge in [0.25, 0.3) is 5.91 Å². The second-order valence-corrected chi connectivity index (χ2v) is 5.51. The monoisotopic (exact) mass is 261 g/mol. The summed E-state index contributed by atoms with van der Waals surface area (Å²) in [6, 6.07) is 3.72. The SMILES string of the molecule is CCNc1ccc(C(=O)N2CCC(C(C)C)C2)cn1. The van der Waals surface area contributed by atoms with Crippen molar-refractivity contribution in [1.29, 1.82) is 0 Å². The van der Waals surface area contributed by atoms with E-state index in [0.29, 0.717) is 17.4 Å². The third-order valence-electron chi connectivity index (χ3n) is 3.82. The topological polar surface area (TPSA) is 45.2 Å². The van der Waals surface area contributed by atoms with E-state index in [1.165, 1.54) is 0 Å². The summed E-state index contributed by atoms with van der Waals surface area (Å²) in [5, 5.41) is 3.13. The maximum atomic E-state index is 12.3. The van der Waals surface area contributed by atoms with Gasteiger partial charge < -0.3 is 10.2 Å². The average molecular weight is 261 g/mol. The van der Waals surface area contributed by atoms with Crippen LogP contribution in [-0.4, -0.2) is 35.4 Å². The molecule has 104 valence electrons. The largest absolute Gasteiger partial charge is 0.370 e. The smallest absolute Gasteiger partial charge is 0.255 e. The molecular weight excluding hydrogens is 238 g/mol. The van der Waals surface area contributed by atoms with Gasteiger partial charge in [0.05, 0.1) is 5.56 Å². The second kappa shape index (κ2) is 6.04. The van der Waals surface area contributed by atoms with Crippen molar-refractivity contribution in [3.8, 4) is 0 Å². The van der Waals surface area contributed by atoms with Crippen molar-refractivity contribution < 1.29 is 4.79 Å². The minimum absolute atomic E-state index is 0.110. The molecule has 2 rings (SSSR count). The molecule has 0 saturated carbocycles. The van der Waals surface area contributed by atoms with Crippen LogP contribution in [0, 0.1) is 11.8 Å². The third-order valence-corrected chi connectivity index (χ3v) is 3.82. The summed E-state index contributed by atoms with van der Waals surface area (Å²) in [6.45, 7) is 9.07. The Hall–Kier alpha value is -1.58. The third kappa shape index (κ3) is 3.25. The highest BCUT2D eigenvalue weighted by atomic mass is 16.2. The Kier molecular flexibility index (Phi) is 4.40. The van der Waals surface area contributed by atoms with Crippen LogP contribution in [0.1, 0.15) is 37.6 Å². The number of hydrogen-bond donors (Lipinski definition) is 1. The highest BCUT2D eigenvalue weighted by Crippen LogP contribution is 2.24. The number of pyridine rings is 1. The first-order valence-corrected chi connectivity index (χ1v) is 7.11. The van der Waals surface area contributed by atoms with Crippen molar-refractivity contribution in [1.82, 2.24) is 9.88 Å². The van der Waals surface area contributed by atoms with Gasteiger partial charge in [0, 0.05) is 25.8 Å². The minimum atomic E-state index is 0.110. The van der Waals surface area contributed by atoms with Crippen molar-refractivity contribution in [3.63, 3.8) is 0 Å². The Morgan fingerprint density at radius 1 is 1.53 bits per heavy atom. The highest BCUT2D eigenvalue weighted by Gasteiger charge is 2.28. The quantitative estimate of drug-likeness (QED) is 0.906. The molecule has 1 fully saturated rings. The molecule has 4 heteroatoms. The van der Waals surface area contributed by atoms with Gasteiger partial charge in [0.1, 0.15) is 5.82 Å². The van der Waals surface area contributed by atoms with E-state index < -0.39 is 0 Å². The molecule has 0 bridgehead atoms. The maximum Gasteiger partial charge on any atom is 0.255 e. The fourth-order valence-electron chi connectivity index (χ4n) is 2.50. The molecule has 0 radical (unpaired) electrons. The molecule has 1 N–H and O–H groups in total. The van der Waals surface area contributed by atoms with Gasteiger partial charge in [0.2, 0.25) is 0 Å². The Labute approximate surface area is 115 Å². The van der Waals surface area contributed by atoms with Crippen LogP contribution >= 0.6 is 0 Å². The molecule has 19 heavy (non-hydrogen) atoms. The number of nitrogens with one attached hydrogen (secondary N) is 1. The summed E-state index contributed by atoms with van der Waals surface area (Å²) in [4.78, 5) is 18.6. The Morgan fingerprint density at radius 3 is 2.84 bits per heavy atom. The van der Waals surface area contributed by atoms with Crippen molar-refractivity contribution in [2.75, 3.05) is 25.0 Å². The molecule has 1 atom stereocenters. The zero-order chi connectivity index (χ0) is 13.8. The van der Waals surface area contributed by atoms with E-state index in [4.69, 9.17) is 0 Å². The van der Waals surface area contributed by atoms with Gasteiger partial charge in [-0.3, -0.25) is 4.79 Å². The number of amides is 1. The average Bonchev–Trinajstić information content (AvgIpc) is 2.89. The Bertz CT molecular complexity index is 428. The van der Waals surface area contributed by atoms with Crippen LogP contribution in [0.15, 0.2) is 18.3 Å². The van der Waals surface area contributed by atoms with Gasteiger partial charge in [-0.25, -0.2) is 4.98 Å². The number of anilines is 1. The number of carbonyl (C=O) groups excluding carboxylic acids is 1. The number of carbonyl (C=O) groups is 1. The van der Waals surface area contributed by atoms with E-state index in [-0.39, 0.29) is 5.91 Å². The van der Waals surface area contributed by atoms with E-state index in [2.05, 4.69) is 24.1 Å². The molecule has 1 aliphatic rings. The van der Waals surface area contributed by atoms with E-state index in [1.807, 2.05) is 24.0 Å². The summed E-state index contributed by atoms with van der Waals surface area (Å²) >= 11 is 0. The fraction of sp³-hybridized carbons (Fsp3) is 0.600. The van der Waals surface area contributed by atoms with Gasteiger partial charge in [-0.1, -0.05) is 13.8 Å². The van der Waals surface area contributed by atoms with Crippen LogP contribution < -0.4 is 5.32 Å². The van der Waals surface area contributed by atoms with Crippen molar-refractivity contribution in [3.05, 3.63) is 23.9 Å². The zero-order valence-corrected chi connectivity index (χ0v) is 12.0. The van der Waals surface area contributed by atoms with Gasteiger partial charge in [-0.15, -0.1) is 0 Å². The molecule has 0 aromatic carbocycles. The summed E-state index contributed by atoms with van der Waals surface area (Å²) in [5.74, 6) is 2.21. The van der Waals surface area contributed by atoms with Crippen LogP contribution in [0.5, 0.6) is 0 Å². The van der Waals surface area contributed by atoms with Crippen molar-refractivity contribution in [2.24, 2.45) is 11.8 Å². The molecule has 1 aromatic rings. The van der Waals surface area contributed by atoms with Gasteiger partial charge in [0.15, 0.2) is 0 Å². The lowest BCUT2D eigenvalue weighted by Gasteiger charge is -2.18.